The smallest absolute Gasteiger partial charge is 0.338 e. The van der Waals surface area contributed by atoms with Gasteiger partial charge in [0.2, 0.25) is 0 Å². The summed E-state index contributed by atoms with van der Waals surface area (Å²) in [5.74, 6) is -0.728. The van der Waals surface area contributed by atoms with Crippen molar-refractivity contribution >= 4 is 27.8 Å². The number of amides is 1. The van der Waals surface area contributed by atoms with Crippen molar-refractivity contribution in [1.29, 1.82) is 0 Å². The number of likely N-dealkylation sites (N-methyl/N-ethyl adjacent to an activating group) is 1. The van der Waals surface area contributed by atoms with Gasteiger partial charge in [0.25, 0.3) is 5.91 Å². The molecule has 0 N–H and O–H groups in total. The quantitative estimate of drug-likeness (QED) is 0.723. The maximum atomic E-state index is 12.1. The monoisotopic (exact) mass is 379 g/mol. The van der Waals surface area contributed by atoms with Crippen molar-refractivity contribution in [1.82, 2.24) is 14.7 Å². The normalized spacial score (nSPS) is 10.4. The number of halogens is 1. The van der Waals surface area contributed by atoms with Crippen LogP contribution in [0.4, 0.5) is 0 Å². The molecule has 0 spiro atoms. The SMILES string of the molecule is CCN(CC)C(=O)COC(=O)c1cccc(-n2cc(Br)cn2)c1. The standard InChI is InChI=1S/C16H18BrN3O3/c1-3-19(4-2)15(21)11-23-16(22)12-6-5-7-14(8-12)20-10-13(17)9-18-20/h5-10H,3-4,11H2,1-2H3. The molecule has 23 heavy (non-hydrogen) atoms. The van der Waals surface area contributed by atoms with E-state index in [-0.39, 0.29) is 12.5 Å². The molecule has 1 aromatic carbocycles. The van der Waals surface area contributed by atoms with Crippen molar-refractivity contribution in [3.05, 3.63) is 46.7 Å². The van der Waals surface area contributed by atoms with Gasteiger partial charge < -0.3 is 9.64 Å². The molecule has 6 nitrogen and oxygen atoms in total. The number of rotatable bonds is 6. The molecule has 0 saturated carbocycles. The molecular weight excluding hydrogens is 362 g/mol. The Morgan fingerprint density at radius 1 is 1.30 bits per heavy atom. The van der Waals surface area contributed by atoms with E-state index < -0.39 is 5.97 Å². The Hall–Kier alpha value is -2.15. The Balaban J connectivity index is 2.04. The van der Waals surface area contributed by atoms with E-state index in [0.29, 0.717) is 18.7 Å². The van der Waals surface area contributed by atoms with Crippen LogP contribution >= 0.6 is 15.9 Å². The maximum Gasteiger partial charge on any atom is 0.338 e. The molecule has 0 aliphatic rings. The summed E-state index contributed by atoms with van der Waals surface area (Å²) < 4.78 is 7.59. The van der Waals surface area contributed by atoms with Crippen LogP contribution in [0, 0.1) is 0 Å². The van der Waals surface area contributed by atoms with Crippen LogP contribution < -0.4 is 0 Å². The van der Waals surface area contributed by atoms with Crippen LogP contribution in [-0.4, -0.2) is 46.3 Å². The van der Waals surface area contributed by atoms with Crippen molar-refractivity contribution in [2.45, 2.75) is 13.8 Å². The molecule has 122 valence electrons. The van der Waals surface area contributed by atoms with Gasteiger partial charge in [-0.1, -0.05) is 6.07 Å². The van der Waals surface area contributed by atoms with E-state index >= 15 is 0 Å². The predicted molar refractivity (Wildman–Crippen MR) is 89.5 cm³/mol. The summed E-state index contributed by atoms with van der Waals surface area (Å²) in [4.78, 5) is 25.6. The Bertz CT molecular complexity index is 695. The number of ether oxygens (including phenoxy) is 1. The molecule has 0 aliphatic heterocycles. The first-order valence-electron chi connectivity index (χ1n) is 7.30. The van der Waals surface area contributed by atoms with Crippen LogP contribution in [0.5, 0.6) is 0 Å². The minimum atomic E-state index is -0.529. The van der Waals surface area contributed by atoms with E-state index in [1.54, 1.807) is 40.2 Å². The fourth-order valence-corrected chi connectivity index (χ4v) is 2.38. The van der Waals surface area contributed by atoms with Crippen LogP contribution in [-0.2, 0) is 9.53 Å². The molecule has 2 rings (SSSR count). The number of aromatic nitrogens is 2. The average molecular weight is 380 g/mol. The lowest BCUT2D eigenvalue weighted by Crippen LogP contribution is -2.34. The van der Waals surface area contributed by atoms with E-state index in [1.165, 1.54) is 0 Å². The van der Waals surface area contributed by atoms with Crippen LogP contribution in [0.25, 0.3) is 5.69 Å². The lowest BCUT2D eigenvalue weighted by Gasteiger charge is -2.18. The van der Waals surface area contributed by atoms with Crippen molar-refractivity contribution < 1.29 is 14.3 Å². The van der Waals surface area contributed by atoms with Crippen LogP contribution in [0.2, 0.25) is 0 Å². The highest BCUT2D eigenvalue weighted by Crippen LogP contribution is 2.14. The van der Waals surface area contributed by atoms with E-state index in [1.807, 2.05) is 19.9 Å². The largest absolute Gasteiger partial charge is 0.452 e. The number of esters is 1. The topological polar surface area (TPSA) is 64.4 Å². The molecular formula is C16H18BrN3O3. The minimum absolute atomic E-state index is 0.199. The second-order valence-corrected chi connectivity index (χ2v) is 5.71. The number of nitrogens with zero attached hydrogens (tertiary/aromatic N) is 3. The average Bonchev–Trinajstić information content (AvgIpc) is 3.00. The zero-order chi connectivity index (χ0) is 16.8. The van der Waals surface area contributed by atoms with E-state index in [0.717, 1.165) is 10.2 Å². The Kier molecular flexibility index (Phi) is 5.92. The van der Waals surface area contributed by atoms with Gasteiger partial charge in [0.15, 0.2) is 6.61 Å². The summed E-state index contributed by atoms with van der Waals surface area (Å²) in [5, 5.41) is 4.16. The highest BCUT2D eigenvalue weighted by molar-refractivity contribution is 9.10. The van der Waals surface area contributed by atoms with Gasteiger partial charge >= 0.3 is 5.97 Å². The van der Waals surface area contributed by atoms with Gasteiger partial charge in [0, 0.05) is 19.3 Å². The minimum Gasteiger partial charge on any atom is -0.452 e. The van der Waals surface area contributed by atoms with E-state index in [2.05, 4.69) is 21.0 Å². The van der Waals surface area contributed by atoms with Gasteiger partial charge in [0.1, 0.15) is 0 Å². The van der Waals surface area contributed by atoms with Crippen molar-refractivity contribution in [2.75, 3.05) is 19.7 Å². The van der Waals surface area contributed by atoms with Crippen molar-refractivity contribution in [2.24, 2.45) is 0 Å². The molecule has 7 heteroatoms. The molecule has 2 aromatic rings. The van der Waals surface area contributed by atoms with Gasteiger partial charge in [-0.15, -0.1) is 0 Å². The zero-order valence-corrected chi connectivity index (χ0v) is 14.6. The van der Waals surface area contributed by atoms with Gasteiger partial charge in [-0.2, -0.15) is 5.10 Å². The van der Waals surface area contributed by atoms with Gasteiger partial charge in [-0.25, -0.2) is 9.48 Å². The summed E-state index contributed by atoms with van der Waals surface area (Å²) in [6.07, 6.45) is 3.45. The molecule has 0 bridgehead atoms. The van der Waals surface area contributed by atoms with Gasteiger partial charge in [-0.05, 0) is 48.0 Å². The second kappa shape index (κ2) is 7.92. The highest BCUT2D eigenvalue weighted by atomic mass is 79.9. The molecule has 1 aromatic heterocycles. The number of carbonyl (C=O) groups excluding carboxylic acids is 2. The van der Waals surface area contributed by atoms with Crippen LogP contribution in [0.15, 0.2) is 41.1 Å². The summed E-state index contributed by atoms with van der Waals surface area (Å²) in [5.41, 5.74) is 1.11. The molecule has 0 fully saturated rings. The van der Waals surface area contributed by atoms with E-state index in [9.17, 15) is 9.59 Å². The Morgan fingerprint density at radius 2 is 2.04 bits per heavy atom. The molecule has 1 heterocycles. The third-order valence-electron chi connectivity index (χ3n) is 3.34. The number of hydrogen-bond acceptors (Lipinski definition) is 4. The molecule has 0 radical (unpaired) electrons. The predicted octanol–water partition coefficient (Wildman–Crippen LogP) is 2.66. The maximum absolute atomic E-state index is 12.1. The zero-order valence-electron chi connectivity index (χ0n) is 13.0. The van der Waals surface area contributed by atoms with Gasteiger partial charge in [0.05, 0.1) is 21.9 Å². The summed E-state index contributed by atoms with van der Waals surface area (Å²) in [7, 11) is 0. The van der Waals surface area contributed by atoms with Crippen molar-refractivity contribution in [3.63, 3.8) is 0 Å². The highest BCUT2D eigenvalue weighted by Gasteiger charge is 2.14. The van der Waals surface area contributed by atoms with E-state index in [4.69, 9.17) is 4.74 Å². The molecule has 1 amide bonds. The van der Waals surface area contributed by atoms with Crippen molar-refractivity contribution in [3.8, 4) is 5.69 Å². The summed E-state index contributed by atoms with van der Waals surface area (Å²) in [6.45, 7) is 4.70. The lowest BCUT2D eigenvalue weighted by atomic mass is 10.2. The number of carbonyl (C=O) groups is 2. The first kappa shape index (κ1) is 17.2. The third kappa shape index (κ3) is 4.41. The number of benzene rings is 1. The Morgan fingerprint density at radius 3 is 2.65 bits per heavy atom. The molecule has 0 atom stereocenters. The number of hydrogen-bond donors (Lipinski definition) is 0. The first-order valence-corrected chi connectivity index (χ1v) is 8.10. The molecule has 0 unspecified atom stereocenters. The fourth-order valence-electron chi connectivity index (χ4n) is 2.10. The van der Waals surface area contributed by atoms with Gasteiger partial charge in [-0.3, -0.25) is 4.79 Å². The first-order chi connectivity index (χ1) is 11.0. The lowest BCUT2D eigenvalue weighted by molar-refractivity contribution is -0.134. The van der Waals surface area contributed by atoms with Crippen LogP contribution in [0.1, 0.15) is 24.2 Å². The molecule has 0 aliphatic carbocycles. The third-order valence-corrected chi connectivity index (χ3v) is 3.75. The molecule has 0 saturated heterocycles. The second-order valence-electron chi connectivity index (χ2n) is 4.80. The Labute approximate surface area is 143 Å². The summed E-state index contributed by atoms with van der Waals surface area (Å²) >= 11 is 3.33. The fraction of sp³-hybridized carbons (Fsp3) is 0.312. The summed E-state index contributed by atoms with van der Waals surface area (Å²) in [6, 6.07) is 6.89. The van der Waals surface area contributed by atoms with Crippen LogP contribution in [0.3, 0.4) is 0 Å².